The van der Waals surface area contributed by atoms with Crippen molar-refractivity contribution in [3.63, 3.8) is 0 Å². The molecule has 52 heavy (non-hydrogen) atoms. The second-order valence-electron chi connectivity index (χ2n) is 14.1. The summed E-state index contributed by atoms with van der Waals surface area (Å²) in [7, 11) is 0. The molecular weight excluding hydrogens is 627 g/mol. The molecule has 2 aliphatic rings. The van der Waals surface area contributed by atoms with Gasteiger partial charge in [-0.15, -0.1) is 0 Å². The quantitative estimate of drug-likeness (QED) is 0.182. The Bertz CT molecular complexity index is 2800. The summed E-state index contributed by atoms with van der Waals surface area (Å²) in [6.07, 6.45) is 0. The van der Waals surface area contributed by atoms with Crippen molar-refractivity contribution in [3.8, 4) is 33.4 Å². The number of benzene rings is 9. The Kier molecular flexibility index (Phi) is 6.23. The van der Waals surface area contributed by atoms with E-state index in [1.54, 1.807) is 0 Å². The van der Waals surface area contributed by atoms with E-state index < -0.39 is 5.41 Å². The van der Waals surface area contributed by atoms with Gasteiger partial charge in [-0.3, -0.25) is 0 Å². The lowest BCUT2D eigenvalue weighted by molar-refractivity contribution is 0.802. The Morgan fingerprint density at radius 3 is 1.71 bits per heavy atom. The molecule has 0 aliphatic heterocycles. The molecule has 0 N–H and O–H groups in total. The van der Waals surface area contributed by atoms with Crippen LogP contribution in [0.4, 0.5) is 17.1 Å². The molecule has 9 aromatic carbocycles. The maximum absolute atomic E-state index is 2.51. The summed E-state index contributed by atoms with van der Waals surface area (Å²) >= 11 is 0. The van der Waals surface area contributed by atoms with Gasteiger partial charge in [-0.2, -0.15) is 0 Å². The Labute approximate surface area is 303 Å². The average Bonchev–Trinajstić information content (AvgIpc) is 3.68. The Balaban J connectivity index is 1.18. The van der Waals surface area contributed by atoms with Crippen molar-refractivity contribution in [1.82, 2.24) is 0 Å². The van der Waals surface area contributed by atoms with E-state index in [4.69, 9.17) is 0 Å². The lowest BCUT2D eigenvalue weighted by Gasteiger charge is -2.31. The highest BCUT2D eigenvalue weighted by Crippen LogP contribution is 2.64. The van der Waals surface area contributed by atoms with Crippen molar-refractivity contribution in [3.05, 3.63) is 222 Å². The average molecular weight is 660 g/mol. The number of hydrogen-bond donors (Lipinski definition) is 0. The normalized spacial score (nSPS) is 13.2. The first-order valence-corrected chi connectivity index (χ1v) is 18.1. The highest BCUT2D eigenvalue weighted by molar-refractivity contribution is 6.06. The summed E-state index contributed by atoms with van der Waals surface area (Å²) in [4.78, 5) is 2.39. The maximum atomic E-state index is 2.51. The third-order valence-corrected chi connectivity index (χ3v) is 11.4. The molecule has 1 nitrogen and oxygen atoms in total. The smallest absolute Gasteiger partial charge is 0.0731 e. The lowest BCUT2D eigenvalue weighted by atomic mass is 9.69. The van der Waals surface area contributed by atoms with Crippen molar-refractivity contribution in [1.29, 1.82) is 0 Å². The topological polar surface area (TPSA) is 3.24 Å². The van der Waals surface area contributed by atoms with Crippen LogP contribution in [0.25, 0.3) is 54.9 Å². The summed E-state index contributed by atoms with van der Waals surface area (Å²) in [6.45, 7) is 0. The van der Waals surface area contributed by atoms with Gasteiger partial charge >= 0.3 is 0 Å². The summed E-state index contributed by atoms with van der Waals surface area (Å²) < 4.78 is 0. The second kappa shape index (κ2) is 11.2. The van der Waals surface area contributed by atoms with Gasteiger partial charge in [-0.05, 0) is 126 Å². The Morgan fingerprint density at radius 2 is 0.923 bits per heavy atom. The van der Waals surface area contributed by atoms with E-state index in [1.165, 1.54) is 77.2 Å². The lowest BCUT2D eigenvalue weighted by Crippen LogP contribution is -2.26. The van der Waals surface area contributed by atoms with E-state index in [-0.39, 0.29) is 0 Å². The van der Waals surface area contributed by atoms with Crippen LogP contribution in [0.1, 0.15) is 22.3 Å². The summed E-state index contributed by atoms with van der Waals surface area (Å²) in [5.74, 6) is 0. The molecule has 2 aliphatic carbocycles. The standard InChI is InChI=1S/C51H33N/c1-3-14-34(15-4-1)36-17-13-20-40(30-36)52(39-18-5-2-6-19-39)41-28-26-37-32-46-45-29-27-35-16-7-8-21-42(35)50(45)51(49(46)33-38(37)31-41)47-24-11-9-22-43(47)44-23-10-12-25-48(44)51/h1-33H. The molecule has 1 heteroatoms. The van der Waals surface area contributed by atoms with E-state index in [2.05, 4.69) is 205 Å². The number of nitrogens with zero attached hydrogens (tertiary/aromatic N) is 1. The van der Waals surface area contributed by atoms with Crippen molar-refractivity contribution in [2.24, 2.45) is 0 Å². The third kappa shape index (κ3) is 4.05. The zero-order valence-corrected chi connectivity index (χ0v) is 28.5. The molecule has 0 heterocycles. The van der Waals surface area contributed by atoms with Gasteiger partial charge in [0.05, 0.1) is 5.41 Å². The Morgan fingerprint density at radius 1 is 0.308 bits per heavy atom. The van der Waals surface area contributed by atoms with Crippen LogP contribution in [0.2, 0.25) is 0 Å². The predicted octanol–water partition coefficient (Wildman–Crippen LogP) is 13.5. The molecule has 0 radical (unpaired) electrons. The fraction of sp³-hybridized carbons (Fsp3) is 0.0196. The van der Waals surface area contributed by atoms with E-state index in [1.807, 2.05) is 0 Å². The first kappa shape index (κ1) is 29.1. The molecule has 0 amide bonds. The molecule has 1 spiro atoms. The van der Waals surface area contributed by atoms with Crippen molar-refractivity contribution in [2.45, 2.75) is 5.41 Å². The minimum Gasteiger partial charge on any atom is -0.310 e. The number of anilines is 3. The van der Waals surface area contributed by atoms with E-state index in [0.717, 1.165) is 17.1 Å². The molecule has 0 bridgehead atoms. The molecule has 0 unspecified atom stereocenters. The number of rotatable bonds is 4. The first-order valence-electron chi connectivity index (χ1n) is 18.1. The van der Waals surface area contributed by atoms with E-state index in [0.29, 0.717) is 0 Å². The SMILES string of the molecule is c1ccc(-c2cccc(N(c3ccccc3)c3ccc4cc5c(cc4c3)C3(c4ccccc4-c4ccccc43)c3c-5ccc4ccccc34)c2)cc1. The van der Waals surface area contributed by atoms with Crippen molar-refractivity contribution < 1.29 is 0 Å². The predicted molar refractivity (Wildman–Crippen MR) is 218 cm³/mol. The highest BCUT2D eigenvalue weighted by Gasteiger charge is 2.52. The van der Waals surface area contributed by atoms with E-state index >= 15 is 0 Å². The highest BCUT2D eigenvalue weighted by atomic mass is 15.1. The van der Waals surface area contributed by atoms with Gasteiger partial charge in [0.2, 0.25) is 0 Å². The van der Waals surface area contributed by atoms with Gasteiger partial charge in [0, 0.05) is 17.1 Å². The monoisotopic (exact) mass is 659 g/mol. The number of hydrogen-bond acceptors (Lipinski definition) is 1. The number of fused-ring (bicyclic) bond motifs is 13. The minimum absolute atomic E-state index is 0.425. The molecular formula is C51H33N. The molecule has 0 saturated carbocycles. The molecule has 11 rings (SSSR count). The van der Waals surface area contributed by atoms with Crippen LogP contribution in [0, 0.1) is 0 Å². The fourth-order valence-electron chi connectivity index (χ4n) is 9.27. The van der Waals surface area contributed by atoms with Crippen LogP contribution in [-0.2, 0) is 5.41 Å². The molecule has 0 atom stereocenters. The molecule has 0 fully saturated rings. The van der Waals surface area contributed by atoms with Crippen LogP contribution < -0.4 is 4.90 Å². The van der Waals surface area contributed by atoms with Crippen LogP contribution in [0.15, 0.2) is 200 Å². The summed E-state index contributed by atoms with van der Waals surface area (Å²) in [5, 5.41) is 5.07. The number of para-hydroxylation sites is 1. The maximum Gasteiger partial charge on any atom is 0.0731 e. The first-order chi connectivity index (χ1) is 25.8. The second-order valence-corrected chi connectivity index (χ2v) is 14.1. The minimum atomic E-state index is -0.425. The zero-order chi connectivity index (χ0) is 34.2. The van der Waals surface area contributed by atoms with Crippen LogP contribution in [0.3, 0.4) is 0 Å². The molecule has 9 aromatic rings. The van der Waals surface area contributed by atoms with Gasteiger partial charge < -0.3 is 4.90 Å². The van der Waals surface area contributed by atoms with Crippen LogP contribution >= 0.6 is 0 Å². The Hall–Kier alpha value is -6.70. The molecule has 242 valence electrons. The van der Waals surface area contributed by atoms with Crippen LogP contribution in [0.5, 0.6) is 0 Å². The van der Waals surface area contributed by atoms with Gasteiger partial charge in [-0.1, -0.05) is 152 Å². The zero-order valence-electron chi connectivity index (χ0n) is 28.5. The summed E-state index contributed by atoms with van der Waals surface area (Å²) in [5.41, 5.74) is 16.2. The van der Waals surface area contributed by atoms with Crippen molar-refractivity contribution in [2.75, 3.05) is 4.90 Å². The molecule has 0 saturated heterocycles. The van der Waals surface area contributed by atoms with Crippen LogP contribution in [-0.4, -0.2) is 0 Å². The van der Waals surface area contributed by atoms with Gasteiger partial charge in [-0.25, -0.2) is 0 Å². The van der Waals surface area contributed by atoms with Gasteiger partial charge in [0.25, 0.3) is 0 Å². The van der Waals surface area contributed by atoms with Gasteiger partial charge in [0.15, 0.2) is 0 Å². The fourth-order valence-corrected chi connectivity index (χ4v) is 9.27. The molecule has 0 aromatic heterocycles. The summed E-state index contributed by atoms with van der Waals surface area (Å²) in [6, 6.07) is 74.0. The van der Waals surface area contributed by atoms with Crippen molar-refractivity contribution >= 4 is 38.6 Å². The van der Waals surface area contributed by atoms with Gasteiger partial charge in [0.1, 0.15) is 0 Å². The third-order valence-electron chi connectivity index (χ3n) is 11.4. The largest absolute Gasteiger partial charge is 0.310 e. The van der Waals surface area contributed by atoms with E-state index in [9.17, 15) is 0 Å².